The van der Waals surface area contributed by atoms with E-state index in [0.29, 0.717) is 33.5 Å². The summed E-state index contributed by atoms with van der Waals surface area (Å²) in [5.74, 6) is 0.485. The van der Waals surface area contributed by atoms with E-state index >= 15 is 0 Å². The van der Waals surface area contributed by atoms with Crippen molar-refractivity contribution in [3.8, 4) is 17.6 Å². The number of carbonyl (C=O) groups is 1. The van der Waals surface area contributed by atoms with E-state index in [9.17, 15) is 4.79 Å². The Kier molecular flexibility index (Phi) is 9.74. The predicted octanol–water partition coefficient (Wildman–Crippen LogP) is 1.67. The van der Waals surface area contributed by atoms with Gasteiger partial charge in [0.1, 0.15) is 24.7 Å². The molecule has 0 radical (unpaired) electrons. The number of nitrogens with zero attached hydrogens (tertiary/aromatic N) is 1. The summed E-state index contributed by atoms with van der Waals surface area (Å²) in [5.41, 5.74) is 2.44. The first kappa shape index (κ1) is 25.1. The monoisotopic (exact) mass is 441 g/mol. The maximum atomic E-state index is 10.7. The van der Waals surface area contributed by atoms with Crippen molar-refractivity contribution in [3.63, 3.8) is 0 Å². The molecule has 0 aromatic heterocycles. The minimum absolute atomic E-state index is 0. The number of rotatable bonds is 1. The molecule has 2 aliphatic heterocycles. The van der Waals surface area contributed by atoms with Crippen molar-refractivity contribution in [3.05, 3.63) is 68.7 Å². The Bertz CT molecular complexity index is 1010. The Morgan fingerprint density at radius 3 is 2.00 bits per heavy atom. The number of benzene rings is 2. The third-order valence-corrected chi connectivity index (χ3v) is 4.26. The third kappa shape index (κ3) is 6.51. The zero-order valence-electron chi connectivity index (χ0n) is 15.4. The molecule has 0 amide bonds. The standard InChI is InChI=1S/C10H6ClNO.C10H7ClO3.Na.H2O/c11-9-1-2-10-8(4-9)3-7(5-12)6-13-10;11-8-1-2-9-6(4-8)3-7(5-14-9)10(12)13;;/h1-4H,6H2;1-4H,5H2,(H,12,13);;1H2/q;;+1;/p-1. The molecule has 2 aliphatic rings. The van der Waals surface area contributed by atoms with Crippen LogP contribution >= 0.6 is 23.2 Å². The zero-order chi connectivity index (χ0) is 19.4. The van der Waals surface area contributed by atoms with Crippen molar-refractivity contribution in [1.29, 1.82) is 5.26 Å². The molecule has 0 fully saturated rings. The van der Waals surface area contributed by atoms with Gasteiger partial charge in [-0.1, -0.05) is 23.2 Å². The number of aliphatic carboxylic acids is 1. The molecule has 2 aromatic carbocycles. The van der Waals surface area contributed by atoms with Crippen LogP contribution in [-0.2, 0) is 4.79 Å². The maximum absolute atomic E-state index is 10.7. The molecule has 29 heavy (non-hydrogen) atoms. The second kappa shape index (κ2) is 11.3. The minimum atomic E-state index is -0.962. The molecule has 0 atom stereocenters. The van der Waals surface area contributed by atoms with Crippen molar-refractivity contribution in [2.24, 2.45) is 0 Å². The van der Waals surface area contributed by atoms with Gasteiger partial charge in [-0.3, -0.25) is 0 Å². The van der Waals surface area contributed by atoms with Gasteiger partial charge in [-0.2, -0.15) is 5.26 Å². The number of carboxylic acid groups (broad SMARTS) is 1. The van der Waals surface area contributed by atoms with Gasteiger partial charge in [-0.15, -0.1) is 0 Å². The number of hydrogen-bond acceptors (Lipinski definition) is 5. The van der Waals surface area contributed by atoms with Gasteiger partial charge in [0.2, 0.25) is 0 Å². The van der Waals surface area contributed by atoms with Crippen LogP contribution in [0.25, 0.3) is 12.2 Å². The molecular weight excluding hydrogens is 428 g/mol. The number of nitriles is 1. The van der Waals surface area contributed by atoms with Crippen LogP contribution in [0, 0.1) is 11.3 Å². The van der Waals surface area contributed by atoms with Crippen molar-refractivity contribution in [2.75, 3.05) is 13.2 Å². The number of hydrogen-bond donors (Lipinski definition) is 1. The SMILES string of the molecule is N#CC1=Cc2cc(Cl)ccc2OC1.O=C(O)C1=Cc2cc(Cl)ccc2OC1.[Na+].[OH-]. The fraction of sp³-hybridized carbons (Fsp3) is 0.100. The van der Waals surface area contributed by atoms with Gasteiger partial charge in [-0.25, -0.2) is 4.79 Å². The van der Waals surface area contributed by atoms with Crippen molar-refractivity contribution in [1.82, 2.24) is 0 Å². The molecule has 0 saturated carbocycles. The molecule has 9 heteroatoms. The van der Waals surface area contributed by atoms with E-state index in [0.717, 1.165) is 11.3 Å². The molecule has 0 bridgehead atoms. The fourth-order valence-corrected chi connectivity index (χ4v) is 2.85. The average Bonchev–Trinajstić information content (AvgIpc) is 2.67. The zero-order valence-corrected chi connectivity index (χ0v) is 18.9. The first-order valence-corrected chi connectivity index (χ1v) is 8.61. The average molecular weight is 442 g/mol. The van der Waals surface area contributed by atoms with Crippen LogP contribution in [0.1, 0.15) is 11.1 Å². The molecule has 0 unspecified atom stereocenters. The van der Waals surface area contributed by atoms with Gasteiger partial charge < -0.3 is 20.1 Å². The van der Waals surface area contributed by atoms with Gasteiger partial charge in [0.05, 0.1) is 17.2 Å². The van der Waals surface area contributed by atoms with Crippen molar-refractivity contribution < 1.29 is 54.4 Å². The molecule has 0 spiro atoms. The maximum Gasteiger partial charge on any atom is 1.00 e. The van der Waals surface area contributed by atoms with Gasteiger partial charge in [-0.05, 0) is 48.6 Å². The molecule has 0 saturated heterocycles. The number of halogens is 2. The van der Waals surface area contributed by atoms with E-state index in [4.69, 9.17) is 43.0 Å². The topological polar surface area (TPSA) is 110 Å². The number of carboxylic acids is 1. The van der Waals surface area contributed by atoms with E-state index in [1.807, 2.05) is 6.07 Å². The van der Waals surface area contributed by atoms with E-state index in [-0.39, 0.29) is 47.2 Å². The summed E-state index contributed by atoms with van der Waals surface area (Å²) in [7, 11) is 0. The Balaban J connectivity index is 0.000000272. The van der Waals surface area contributed by atoms with E-state index < -0.39 is 5.97 Å². The van der Waals surface area contributed by atoms with Crippen LogP contribution in [0.2, 0.25) is 10.0 Å². The first-order valence-electron chi connectivity index (χ1n) is 7.85. The summed E-state index contributed by atoms with van der Waals surface area (Å²) in [6, 6.07) is 12.5. The van der Waals surface area contributed by atoms with Crippen LogP contribution in [-0.4, -0.2) is 29.8 Å². The summed E-state index contributed by atoms with van der Waals surface area (Å²) >= 11 is 11.6. The van der Waals surface area contributed by atoms with Gasteiger partial charge >= 0.3 is 35.5 Å². The molecule has 2 heterocycles. The second-order valence-electron chi connectivity index (χ2n) is 5.70. The second-order valence-corrected chi connectivity index (χ2v) is 6.57. The van der Waals surface area contributed by atoms with Crippen molar-refractivity contribution >= 4 is 41.3 Å². The molecular formula is C20H14Cl2NNaO5. The largest absolute Gasteiger partial charge is 1.00 e. The van der Waals surface area contributed by atoms with Crippen molar-refractivity contribution in [2.45, 2.75) is 0 Å². The van der Waals surface area contributed by atoms with Crippen LogP contribution in [0.15, 0.2) is 47.5 Å². The Morgan fingerprint density at radius 1 is 0.966 bits per heavy atom. The Labute approximate surface area is 199 Å². The molecule has 4 rings (SSSR count). The molecule has 144 valence electrons. The Hall–Kier alpha value is -1.98. The third-order valence-electron chi connectivity index (χ3n) is 3.79. The van der Waals surface area contributed by atoms with Crippen LogP contribution in [0.5, 0.6) is 11.5 Å². The summed E-state index contributed by atoms with van der Waals surface area (Å²) in [6.45, 7) is 0.453. The fourth-order valence-electron chi connectivity index (χ4n) is 2.48. The normalized spacial score (nSPS) is 12.9. The van der Waals surface area contributed by atoms with E-state index in [2.05, 4.69) is 6.07 Å². The number of ether oxygens (including phenoxy) is 2. The summed E-state index contributed by atoms with van der Waals surface area (Å²) in [6.07, 6.45) is 3.37. The van der Waals surface area contributed by atoms with E-state index in [1.165, 1.54) is 0 Å². The quantitative estimate of drug-likeness (QED) is 0.673. The molecule has 2 N–H and O–H groups in total. The number of fused-ring (bicyclic) bond motifs is 2. The summed E-state index contributed by atoms with van der Waals surface area (Å²) in [4.78, 5) is 10.7. The molecule has 6 nitrogen and oxygen atoms in total. The molecule has 2 aromatic rings. The van der Waals surface area contributed by atoms with E-state index in [1.54, 1.807) is 42.5 Å². The van der Waals surface area contributed by atoms with Crippen LogP contribution < -0.4 is 39.0 Å². The summed E-state index contributed by atoms with van der Waals surface area (Å²) < 4.78 is 10.6. The van der Waals surface area contributed by atoms with Crippen LogP contribution in [0.3, 0.4) is 0 Å². The summed E-state index contributed by atoms with van der Waals surface area (Å²) in [5, 5.41) is 18.6. The van der Waals surface area contributed by atoms with Gasteiger partial charge in [0, 0.05) is 21.2 Å². The Morgan fingerprint density at radius 2 is 1.48 bits per heavy atom. The molecule has 0 aliphatic carbocycles. The first-order chi connectivity index (χ1) is 13.0. The van der Waals surface area contributed by atoms with Crippen LogP contribution in [0.4, 0.5) is 0 Å². The van der Waals surface area contributed by atoms with Gasteiger partial charge in [0.15, 0.2) is 0 Å². The smallest absolute Gasteiger partial charge is 0.870 e. The van der Waals surface area contributed by atoms with Gasteiger partial charge in [0.25, 0.3) is 0 Å². The minimum Gasteiger partial charge on any atom is -0.870 e. The predicted molar refractivity (Wildman–Crippen MR) is 105 cm³/mol.